The van der Waals surface area contributed by atoms with E-state index in [1.165, 1.54) is 12.1 Å². The number of halogens is 2. The second-order valence-electron chi connectivity index (χ2n) is 7.44. The summed E-state index contributed by atoms with van der Waals surface area (Å²) in [6.45, 7) is 2.06. The number of nitrogens with one attached hydrogen (secondary N) is 1. The summed E-state index contributed by atoms with van der Waals surface area (Å²) in [5, 5.41) is 15.5. The molecule has 4 atom stereocenters. The molecule has 0 radical (unpaired) electrons. The lowest BCUT2D eigenvalue weighted by atomic mass is 9.69. The van der Waals surface area contributed by atoms with E-state index in [1.54, 1.807) is 12.1 Å². The Balaban J connectivity index is 0.00000225. The smallest absolute Gasteiger partial charge is 0.123 e. The Bertz CT molecular complexity index is 887. The van der Waals surface area contributed by atoms with Crippen molar-refractivity contribution in [2.24, 2.45) is 5.92 Å². The molecule has 2 N–H and O–H groups in total. The van der Waals surface area contributed by atoms with Crippen LogP contribution >= 0.6 is 12.4 Å². The van der Waals surface area contributed by atoms with Crippen molar-refractivity contribution < 1.29 is 9.50 Å². The van der Waals surface area contributed by atoms with Gasteiger partial charge in [0.1, 0.15) is 5.82 Å². The Hall–Kier alpha value is -2.20. The van der Waals surface area contributed by atoms with E-state index >= 15 is 0 Å². The van der Waals surface area contributed by atoms with Gasteiger partial charge in [0.05, 0.1) is 5.60 Å². The molecule has 4 unspecified atom stereocenters. The maximum Gasteiger partial charge on any atom is 0.123 e. The van der Waals surface area contributed by atoms with Crippen molar-refractivity contribution >= 4 is 12.4 Å². The fraction of sp³-hybridized carbons (Fsp3) is 0.250. The van der Waals surface area contributed by atoms with Crippen LogP contribution in [0.25, 0.3) is 0 Å². The van der Waals surface area contributed by atoms with Gasteiger partial charge >= 0.3 is 0 Å². The number of hydrogen-bond acceptors (Lipinski definition) is 2. The Morgan fingerprint density at radius 1 is 0.857 bits per heavy atom. The van der Waals surface area contributed by atoms with Crippen molar-refractivity contribution in [1.29, 1.82) is 0 Å². The molecule has 2 nitrogen and oxygen atoms in total. The molecule has 0 aromatic heterocycles. The van der Waals surface area contributed by atoms with Crippen molar-refractivity contribution in [2.45, 2.75) is 31.0 Å². The molecule has 0 aliphatic carbocycles. The third-order valence-corrected chi connectivity index (χ3v) is 5.85. The molecule has 1 saturated heterocycles. The normalized spacial score (nSPS) is 27.0. The SMILES string of the molecule is CC1C(c2ccccc2)NC(c2ccccc2)CC1(O)c1ccc(F)cc1.Cl. The molecule has 0 spiro atoms. The molecule has 4 rings (SSSR count). The van der Waals surface area contributed by atoms with E-state index < -0.39 is 5.60 Å². The van der Waals surface area contributed by atoms with Gasteiger partial charge in [-0.05, 0) is 28.8 Å². The van der Waals surface area contributed by atoms with Crippen LogP contribution < -0.4 is 5.32 Å². The van der Waals surface area contributed by atoms with Crippen LogP contribution in [-0.2, 0) is 5.60 Å². The molecular formula is C24H25ClFNO. The van der Waals surface area contributed by atoms with Gasteiger partial charge in [-0.2, -0.15) is 0 Å². The van der Waals surface area contributed by atoms with Crippen LogP contribution in [0, 0.1) is 11.7 Å². The maximum absolute atomic E-state index is 13.5. The minimum Gasteiger partial charge on any atom is -0.385 e. The lowest BCUT2D eigenvalue weighted by molar-refractivity contribution is -0.0743. The monoisotopic (exact) mass is 397 g/mol. The van der Waals surface area contributed by atoms with E-state index in [0.29, 0.717) is 6.42 Å². The lowest BCUT2D eigenvalue weighted by Gasteiger charge is -2.48. The van der Waals surface area contributed by atoms with Crippen LogP contribution in [-0.4, -0.2) is 5.11 Å². The molecule has 146 valence electrons. The van der Waals surface area contributed by atoms with Crippen molar-refractivity contribution in [1.82, 2.24) is 5.32 Å². The van der Waals surface area contributed by atoms with Crippen molar-refractivity contribution in [3.8, 4) is 0 Å². The predicted octanol–water partition coefficient (Wildman–Crippen LogP) is 5.55. The number of piperidine rings is 1. The molecule has 1 aliphatic rings. The van der Waals surface area contributed by atoms with E-state index in [4.69, 9.17) is 0 Å². The minimum absolute atomic E-state index is 0. The third kappa shape index (κ3) is 3.83. The summed E-state index contributed by atoms with van der Waals surface area (Å²) in [7, 11) is 0. The van der Waals surface area contributed by atoms with Crippen LogP contribution in [0.5, 0.6) is 0 Å². The first-order chi connectivity index (χ1) is 13.1. The zero-order chi connectivity index (χ0) is 18.9. The van der Waals surface area contributed by atoms with Crippen LogP contribution in [0.1, 0.15) is 42.1 Å². The second kappa shape index (κ2) is 8.44. The molecule has 0 bridgehead atoms. The van der Waals surface area contributed by atoms with Gasteiger partial charge in [-0.15, -0.1) is 12.4 Å². The molecule has 3 aromatic rings. The highest BCUT2D eigenvalue weighted by molar-refractivity contribution is 5.85. The van der Waals surface area contributed by atoms with Gasteiger partial charge < -0.3 is 10.4 Å². The van der Waals surface area contributed by atoms with Crippen LogP contribution in [0.4, 0.5) is 4.39 Å². The largest absolute Gasteiger partial charge is 0.385 e. The first kappa shape index (κ1) is 20.5. The highest BCUT2D eigenvalue weighted by Crippen LogP contribution is 2.48. The van der Waals surface area contributed by atoms with E-state index in [9.17, 15) is 9.50 Å². The van der Waals surface area contributed by atoms with Gasteiger partial charge in [0.25, 0.3) is 0 Å². The molecule has 0 amide bonds. The van der Waals surface area contributed by atoms with Crippen LogP contribution in [0.15, 0.2) is 84.9 Å². The molecule has 1 aliphatic heterocycles. The highest BCUT2D eigenvalue weighted by Gasteiger charge is 2.47. The van der Waals surface area contributed by atoms with E-state index in [-0.39, 0.29) is 36.2 Å². The Morgan fingerprint density at radius 2 is 1.39 bits per heavy atom. The Morgan fingerprint density at radius 3 is 1.96 bits per heavy atom. The summed E-state index contributed by atoms with van der Waals surface area (Å²) in [6.07, 6.45) is 0.535. The number of hydrogen-bond donors (Lipinski definition) is 2. The number of benzene rings is 3. The van der Waals surface area contributed by atoms with Gasteiger partial charge in [0.15, 0.2) is 0 Å². The van der Waals surface area contributed by atoms with Crippen LogP contribution in [0.2, 0.25) is 0 Å². The standard InChI is InChI=1S/C24H24FNO.ClH/c1-17-23(19-10-6-3-7-11-19)26-22(18-8-4-2-5-9-18)16-24(17,27)20-12-14-21(25)15-13-20;/h2-15,17,22-23,26-27H,16H2,1H3;1H. The molecule has 4 heteroatoms. The minimum atomic E-state index is -1.06. The predicted molar refractivity (Wildman–Crippen MR) is 113 cm³/mol. The molecule has 3 aromatic carbocycles. The molecule has 1 fully saturated rings. The van der Waals surface area contributed by atoms with Crippen LogP contribution in [0.3, 0.4) is 0 Å². The highest BCUT2D eigenvalue weighted by atomic mass is 35.5. The van der Waals surface area contributed by atoms with Gasteiger partial charge in [-0.25, -0.2) is 4.39 Å². The summed E-state index contributed by atoms with van der Waals surface area (Å²) in [5.41, 5.74) is 2.00. The van der Waals surface area contributed by atoms with Gasteiger partial charge in [0.2, 0.25) is 0 Å². The number of aliphatic hydroxyl groups is 1. The summed E-state index contributed by atoms with van der Waals surface area (Å²) in [4.78, 5) is 0. The lowest BCUT2D eigenvalue weighted by Crippen LogP contribution is -2.50. The third-order valence-electron chi connectivity index (χ3n) is 5.85. The van der Waals surface area contributed by atoms with E-state index in [1.807, 2.05) is 36.4 Å². The van der Waals surface area contributed by atoms with Crippen molar-refractivity contribution in [3.63, 3.8) is 0 Å². The van der Waals surface area contributed by atoms with Gasteiger partial charge in [0, 0.05) is 24.4 Å². The molecule has 28 heavy (non-hydrogen) atoms. The first-order valence-corrected chi connectivity index (χ1v) is 9.42. The van der Waals surface area contributed by atoms with E-state index in [2.05, 4.69) is 36.5 Å². The summed E-state index contributed by atoms with van der Waals surface area (Å²) >= 11 is 0. The topological polar surface area (TPSA) is 32.3 Å². The maximum atomic E-state index is 13.5. The van der Waals surface area contributed by atoms with Crippen molar-refractivity contribution in [2.75, 3.05) is 0 Å². The fourth-order valence-corrected chi connectivity index (χ4v) is 4.26. The second-order valence-corrected chi connectivity index (χ2v) is 7.44. The van der Waals surface area contributed by atoms with E-state index in [0.717, 1.165) is 16.7 Å². The molecule has 0 saturated carbocycles. The summed E-state index contributed by atoms with van der Waals surface area (Å²) in [6, 6.07) is 26.7. The number of rotatable bonds is 3. The zero-order valence-corrected chi connectivity index (χ0v) is 16.6. The van der Waals surface area contributed by atoms with Gasteiger partial charge in [-0.1, -0.05) is 79.7 Å². The molecule has 1 heterocycles. The van der Waals surface area contributed by atoms with Crippen molar-refractivity contribution in [3.05, 3.63) is 107 Å². The quantitative estimate of drug-likeness (QED) is 0.607. The average molecular weight is 398 g/mol. The Labute approximate surface area is 171 Å². The zero-order valence-electron chi connectivity index (χ0n) is 15.8. The summed E-state index contributed by atoms with van der Waals surface area (Å²) < 4.78 is 13.5. The Kier molecular flexibility index (Phi) is 6.19. The fourth-order valence-electron chi connectivity index (χ4n) is 4.26. The first-order valence-electron chi connectivity index (χ1n) is 9.42. The molecular weight excluding hydrogens is 373 g/mol. The summed E-state index contributed by atoms with van der Waals surface area (Å²) in [5.74, 6) is -0.367. The van der Waals surface area contributed by atoms with Gasteiger partial charge in [-0.3, -0.25) is 0 Å². The average Bonchev–Trinajstić information content (AvgIpc) is 2.72.